The van der Waals surface area contributed by atoms with Crippen molar-refractivity contribution in [2.45, 2.75) is 84.2 Å². The van der Waals surface area contributed by atoms with Crippen molar-refractivity contribution >= 4 is 33.0 Å². The van der Waals surface area contributed by atoms with Gasteiger partial charge in [0, 0.05) is 5.56 Å². The molecule has 6 nitrogen and oxygen atoms in total. The molecule has 0 aliphatic heterocycles. The van der Waals surface area contributed by atoms with E-state index in [1.54, 1.807) is 0 Å². The number of nitrogen functional groups attached to an aromatic ring is 1. The Morgan fingerprint density at radius 3 is 2.67 bits per heavy atom. The first-order chi connectivity index (χ1) is 18.8. The van der Waals surface area contributed by atoms with Gasteiger partial charge in [-0.25, -0.2) is 4.79 Å². The van der Waals surface area contributed by atoms with E-state index in [2.05, 4.69) is 30.2 Å². The normalized spacial score (nSPS) is 35.7. The Kier molecular flexibility index (Phi) is 6.95. The molecule has 0 bridgehead atoms. The Morgan fingerprint density at radius 1 is 1.10 bits per heavy atom. The van der Waals surface area contributed by atoms with Gasteiger partial charge in [0.15, 0.2) is 0 Å². The second-order valence-electron chi connectivity index (χ2n) is 12.6. The number of aliphatic hydroxyl groups excluding tert-OH is 1. The Labute approximate surface area is 235 Å². The molecule has 6 rings (SSSR count). The van der Waals surface area contributed by atoms with Crippen molar-refractivity contribution in [1.29, 1.82) is 0 Å². The summed E-state index contributed by atoms with van der Waals surface area (Å²) in [6.45, 7) is 7.07. The minimum Gasteiger partial charge on any atom is -0.462 e. The van der Waals surface area contributed by atoms with Gasteiger partial charge in [0.25, 0.3) is 0 Å². The first-order valence-electron chi connectivity index (χ1n) is 14.7. The number of allylic oxidation sites excluding steroid dienone is 1. The predicted molar refractivity (Wildman–Crippen MR) is 156 cm³/mol. The molecule has 39 heavy (non-hydrogen) atoms. The summed E-state index contributed by atoms with van der Waals surface area (Å²) >= 11 is 1.36. The summed E-state index contributed by atoms with van der Waals surface area (Å²) in [5.74, 6) is 1.72. The lowest BCUT2D eigenvalue weighted by molar-refractivity contribution is -0.0409. The molecule has 7 heteroatoms. The standard InChI is InChI=1S/C32H41N3O3S/c1-4-38-30(37)27-26(29(39-28(27)33)35-34-20-8-6-5-7-9-20)25-13-12-23-22-11-10-19-18-21(36)14-16-31(19,2)24(22)15-17-32(23,25)3/h5-10,21-25,36H,4,11-18,33H2,1-3H3/t21-,22-,23-,24-,25?,31-,32-/m0/s1. The fraction of sp³-hybridized carbons (Fsp3) is 0.594. The van der Waals surface area contributed by atoms with Gasteiger partial charge in [0.2, 0.25) is 0 Å². The second kappa shape index (κ2) is 10.2. The topological polar surface area (TPSA) is 97.3 Å². The highest BCUT2D eigenvalue weighted by Gasteiger charge is 2.59. The van der Waals surface area contributed by atoms with Gasteiger partial charge in [0.1, 0.15) is 10.0 Å². The summed E-state index contributed by atoms with van der Waals surface area (Å²) in [4.78, 5) is 13.3. The van der Waals surface area contributed by atoms with E-state index >= 15 is 0 Å². The summed E-state index contributed by atoms with van der Waals surface area (Å²) in [5.41, 5.74) is 10.5. The zero-order valence-corrected chi connectivity index (χ0v) is 24.2. The highest BCUT2D eigenvalue weighted by atomic mass is 32.1. The van der Waals surface area contributed by atoms with Crippen LogP contribution in [0.4, 0.5) is 15.7 Å². The maximum absolute atomic E-state index is 13.3. The number of hydrogen-bond donors (Lipinski definition) is 2. The van der Waals surface area contributed by atoms with Crippen molar-refractivity contribution in [3.8, 4) is 0 Å². The molecule has 2 aromatic rings. The van der Waals surface area contributed by atoms with E-state index in [0.29, 0.717) is 34.9 Å². The molecule has 1 aromatic carbocycles. The third-order valence-corrected chi connectivity index (χ3v) is 11.8. The number of thiophene rings is 1. The average Bonchev–Trinajstić information content (AvgIpc) is 3.44. The van der Waals surface area contributed by atoms with Gasteiger partial charge in [-0.05, 0) is 105 Å². The number of hydrogen-bond acceptors (Lipinski definition) is 7. The van der Waals surface area contributed by atoms with Crippen LogP contribution in [0.25, 0.3) is 0 Å². The molecule has 1 aromatic heterocycles. The Bertz CT molecular complexity index is 1300. The van der Waals surface area contributed by atoms with Gasteiger partial charge in [0.05, 0.1) is 24.0 Å². The van der Waals surface area contributed by atoms with E-state index in [9.17, 15) is 9.90 Å². The van der Waals surface area contributed by atoms with E-state index in [-0.39, 0.29) is 28.8 Å². The van der Waals surface area contributed by atoms with Crippen LogP contribution in [-0.2, 0) is 4.74 Å². The summed E-state index contributed by atoms with van der Waals surface area (Å²) in [6.07, 6.45) is 10.7. The van der Waals surface area contributed by atoms with E-state index in [1.807, 2.05) is 37.3 Å². The van der Waals surface area contributed by atoms with E-state index in [1.165, 1.54) is 23.3 Å². The highest BCUT2D eigenvalue weighted by Crippen LogP contribution is 2.69. The van der Waals surface area contributed by atoms with Crippen LogP contribution in [0, 0.1) is 28.6 Å². The predicted octanol–water partition coefficient (Wildman–Crippen LogP) is 8.33. The zero-order valence-electron chi connectivity index (χ0n) is 23.4. The lowest BCUT2D eigenvalue weighted by Gasteiger charge is -2.58. The van der Waals surface area contributed by atoms with Crippen LogP contribution in [0.1, 0.15) is 94.0 Å². The van der Waals surface area contributed by atoms with Crippen LogP contribution < -0.4 is 5.73 Å². The van der Waals surface area contributed by atoms with Crippen LogP contribution in [0.15, 0.2) is 52.2 Å². The molecule has 1 unspecified atom stereocenters. The molecule has 7 atom stereocenters. The smallest absolute Gasteiger partial charge is 0.341 e. The summed E-state index contributed by atoms with van der Waals surface area (Å²) in [6, 6.07) is 9.70. The molecule has 3 fully saturated rings. The largest absolute Gasteiger partial charge is 0.462 e. The van der Waals surface area contributed by atoms with Crippen LogP contribution in [0.3, 0.4) is 0 Å². The molecule has 0 spiro atoms. The Morgan fingerprint density at radius 2 is 1.90 bits per heavy atom. The maximum atomic E-state index is 13.3. The average molecular weight is 548 g/mol. The first kappa shape index (κ1) is 26.7. The van der Waals surface area contributed by atoms with Crippen LogP contribution in [-0.4, -0.2) is 23.8 Å². The molecule has 0 amide bonds. The van der Waals surface area contributed by atoms with Gasteiger partial charge in [-0.15, -0.1) is 10.2 Å². The minimum atomic E-state index is -0.346. The number of nitrogens with two attached hydrogens (primary N) is 1. The van der Waals surface area contributed by atoms with Crippen molar-refractivity contribution in [3.05, 3.63) is 53.1 Å². The summed E-state index contributed by atoms with van der Waals surface area (Å²) in [5, 5.41) is 20.8. The quantitative estimate of drug-likeness (QED) is 0.223. The highest BCUT2D eigenvalue weighted by molar-refractivity contribution is 7.20. The third kappa shape index (κ3) is 4.37. The van der Waals surface area contributed by atoms with E-state index < -0.39 is 0 Å². The molecule has 3 N–H and O–H groups in total. The number of carbonyl (C=O) groups excluding carboxylic acids is 1. The molecule has 4 aliphatic carbocycles. The molecular weight excluding hydrogens is 506 g/mol. The Hall–Kier alpha value is -2.51. The van der Waals surface area contributed by atoms with Crippen LogP contribution in [0.5, 0.6) is 0 Å². The van der Waals surface area contributed by atoms with Crippen molar-refractivity contribution in [3.63, 3.8) is 0 Å². The van der Waals surface area contributed by atoms with E-state index in [0.717, 1.165) is 61.2 Å². The number of rotatable bonds is 5. The number of ether oxygens (including phenoxy) is 1. The number of nitrogens with zero attached hydrogens (tertiary/aromatic N) is 2. The summed E-state index contributed by atoms with van der Waals surface area (Å²) < 4.78 is 5.51. The Balaban J connectivity index is 1.38. The lowest BCUT2D eigenvalue weighted by atomic mass is 9.47. The number of azo groups is 1. The molecule has 208 valence electrons. The number of esters is 1. The number of carbonyl (C=O) groups is 1. The van der Waals surface area contributed by atoms with Gasteiger partial charge in [-0.1, -0.05) is 55.0 Å². The molecule has 1 heterocycles. The van der Waals surface area contributed by atoms with Gasteiger partial charge in [-0.2, -0.15) is 0 Å². The first-order valence-corrected chi connectivity index (χ1v) is 15.5. The van der Waals surface area contributed by atoms with Crippen LogP contribution >= 0.6 is 11.3 Å². The van der Waals surface area contributed by atoms with Crippen molar-refractivity contribution in [2.75, 3.05) is 12.3 Å². The van der Waals surface area contributed by atoms with Gasteiger partial charge < -0.3 is 15.6 Å². The van der Waals surface area contributed by atoms with E-state index in [4.69, 9.17) is 10.5 Å². The fourth-order valence-electron chi connectivity index (χ4n) is 8.97. The van der Waals surface area contributed by atoms with Crippen LogP contribution in [0.2, 0.25) is 0 Å². The molecule has 4 aliphatic rings. The lowest BCUT2D eigenvalue weighted by Crippen LogP contribution is -2.50. The fourth-order valence-corrected chi connectivity index (χ4v) is 9.91. The molecule has 0 radical (unpaired) electrons. The molecule has 3 saturated carbocycles. The monoisotopic (exact) mass is 547 g/mol. The van der Waals surface area contributed by atoms with Crippen molar-refractivity contribution < 1.29 is 14.6 Å². The van der Waals surface area contributed by atoms with Gasteiger partial charge in [-0.3, -0.25) is 0 Å². The van der Waals surface area contributed by atoms with Crippen molar-refractivity contribution in [2.24, 2.45) is 38.8 Å². The van der Waals surface area contributed by atoms with Gasteiger partial charge >= 0.3 is 5.97 Å². The van der Waals surface area contributed by atoms with Crippen molar-refractivity contribution in [1.82, 2.24) is 0 Å². The molecule has 0 saturated heterocycles. The minimum absolute atomic E-state index is 0.0584. The third-order valence-electron chi connectivity index (χ3n) is 10.9. The number of anilines is 1. The zero-order chi connectivity index (χ0) is 27.4. The number of benzene rings is 1. The maximum Gasteiger partial charge on any atom is 0.341 e. The second-order valence-corrected chi connectivity index (χ2v) is 13.7. The summed E-state index contributed by atoms with van der Waals surface area (Å²) in [7, 11) is 0. The number of fused-ring (bicyclic) bond motifs is 5. The number of aliphatic hydroxyl groups is 1. The molecular formula is C32H41N3O3S. The SMILES string of the molecule is CCOC(=O)c1c(N)sc(N=Nc2ccccc2)c1C1CC[C@H]2[C@@H]3CC=C4C[C@@H](O)CC[C@]4(C)[C@H]3CC[C@]12C.